The number of halogens is 1. The molecule has 17 heteroatoms. The Morgan fingerprint density at radius 2 is 0.764 bits per heavy atom. The largest absolute Gasteiger partial charge is 0.484 e. The van der Waals surface area contributed by atoms with Crippen LogP contribution in [-0.2, 0) is 8.85 Å². The van der Waals surface area contributed by atoms with Crippen LogP contribution in [0.2, 0.25) is 10.1 Å². The van der Waals surface area contributed by atoms with Gasteiger partial charge in [-0.05, 0) is 138 Å². The first-order valence-electron chi connectivity index (χ1n) is 29.4. The van der Waals surface area contributed by atoms with Crippen LogP contribution in [-0.4, -0.2) is 51.5 Å². The number of hydrogen-bond acceptors (Lipinski definition) is 10. The second kappa shape index (κ2) is 27.4. The maximum Gasteiger partial charge on any atom is 0.269 e. The van der Waals surface area contributed by atoms with Gasteiger partial charge in [0.25, 0.3) is 28.0 Å². The molecule has 9 aromatic carbocycles. The molecule has 0 aliphatic carbocycles. The summed E-state index contributed by atoms with van der Waals surface area (Å²) >= 11 is 2.19. The van der Waals surface area contributed by atoms with Crippen LogP contribution in [0, 0.1) is 37.6 Å². The third-order valence-electron chi connectivity index (χ3n) is 16.6. The summed E-state index contributed by atoms with van der Waals surface area (Å²) in [4.78, 5) is 51.2. The van der Waals surface area contributed by atoms with Crippen molar-refractivity contribution in [2.75, 3.05) is 13.2 Å². The van der Waals surface area contributed by atoms with E-state index in [2.05, 4.69) is 113 Å². The molecule has 14 nitrogen and oxygen atoms in total. The van der Waals surface area contributed by atoms with Gasteiger partial charge in [0.1, 0.15) is 23.7 Å². The van der Waals surface area contributed by atoms with Crippen molar-refractivity contribution in [3.63, 3.8) is 0 Å². The molecule has 0 heterocycles. The summed E-state index contributed by atoms with van der Waals surface area (Å²) in [6.45, 7) is 16.9. The van der Waals surface area contributed by atoms with Crippen LogP contribution in [0.15, 0.2) is 224 Å². The standard InChI is InChI=1S/C72H73IN4O10Si2/c1-48-32-42-58(69(74)78)60(44-48)62(46-84-88(71(3,4)5,54-22-13-9-14-23-54)55-24-15-10-16-25-55)67(50-34-38-52(39-35-50)76(80)81)86-64-30-21-31-65(66(64)73)87-68(51-36-40-53(41-37-51)77(82)83)63(61-45-49(2)33-43-59(61)70(75)79)47-85-89(72(6,7)8,56-26-17-11-18-27-56)57-28-19-12-20-29-57/h9-45,62-63,67-68H,46-47H2,1-8H3,(H2,74,78)(H2,75,79)/t62-,63-,67+,68+/m1/s1. The molecule has 4 N–H and O–H groups in total. The zero-order valence-electron chi connectivity index (χ0n) is 51.1. The van der Waals surface area contributed by atoms with E-state index in [0.717, 1.165) is 31.9 Å². The number of nitrogens with two attached hydrogens (primary N) is 2. The average Bonchev–Trinajstić information content (AvgIpc) is 1.39. The Morgan fingerprint density at radius 3 is 1.03 bits per heavy atom. The zero-order valence-corrected chi connectivity index (χ0v) is 55.3. The predicted octanol–water partition coefficient (Wildman–Crippen LogP) is 13.9. The lowest BCUT2D eigenvalue weighted by atomic mass is 9.85. The molecule has 456 valence electrons. The van der Waals surface area contributed by atoms with Gasteiger partial charge in [0.2, 0.25) is 11.8 Å². The molecule has 0 aromatic heterocycles. The number of rotatable bonds is 24. The summed E-state index contributed by atoms with van der Waals surface area (Å²) in [5.41, 5.74) is 16.7. The van der Waals surface area contributed by atoms with Gasteiger partial charge in [-0.1, -0.05) is 204 Å². The fourth-order valence-electron chi connectivity index (χ4n) is 12.3. The number of carbonyl (C=O) groups is 2. The minimum absolute atomic E-state index is 0.0145. The summed E-state index contributed by atoms with van der Waals surface area (Å²) in [7, 11) is -6.65. The van der Waals surface area contributed by atoms with Crippen LogP contribution < -0.4 is 41.7 Å². The second-order valence-corrected chi connectivity index (χ2v) is 34.1. The first-order chi connectivity index (χ1) is 42.4. The Morgan fingerprint density at radius 1 is 0.461 bits per heavy atom. The van der Waals surface area contributed by atoms with Gasteiger partial charge in [0.05, 0.1) is 13.4 Å². The Hall–Kier alpha value is -8.60. The van der Waals surface area contributed by atoms with Gasteiger partial charge in [-0.2, -0.15) is 0 Å². The van der Waals surface area contributed by atoms with Gasteiger partial charge in [-0.3, -0.25) is 29.8 Å². The number of nitro groups is 2. The van der Waals surface area contributed by atoms with Gasteiger partial charge >= 0.3 is 0 Å². The molecule has 9 aromatic rings. The average molecular weight is 1340 g/mol. The summed E-state index contributed by atoms with van der Waals surface area (Å²) in [5.74, 6) is -2.28. The second-order valence-electron chi connectivity index (χ2n) is 24.4. The SMILES string of the molecule is Cc1ccc(C(N)=O)c([C@@H](CO[Si](c2ccccc2)(c2ccccc2)C(C)(C)C)[C@@H](Oc2cccc(O[C@@H](c3ccc([N+](=O)[O-])cc3)[C@H](CO[Si](c3ccccc3)(c3ccccc3)C(C)(C)C)c3cc(C)ccc3C(N)=O)c2I)c2ccc([N+](=O)[O-])cc2)c1. The fourth-order valence-corrected chi connectivity index (χ4v) is 22.1. The molecular weight excluding hydrogens is 1260 g/mol. The Balaban J connectivity index is 1.24. The van der Waals surface area contributed by atoms with Crippen LogP contribution in [0.3, 0.4) is 0 Å². The van der Waals surface area contributed by atoms with Crippen LogP contribution in [0.25, 0.3) is 0 Å². The van der Waals surface area contributed by atoms with E-state index < -0.39 is 72.4 Å². The van der Waals surface area contributed by atoms with Crippen molar-refractivity contribution in [2.24, 2.45) is 11.5 Å². The molecule has 0 aliphatic heterocycles. The van der Waals surface area contributed by atoms with Crippen molar-refractivity contribution in [1.29, 1.82) is 0 Å². The van der Waals surface area contributed by atoms with E-state index in [1.54, 1.807) is 54.6 Å². The number of primary amides is 2. The summed E-state index contributed by atoms with van der Waals surface area (Å²) < 4.78 is 30.9. The molecule has 0 spiro atoms. The molecule has 9 rings (SSSR count). The fraction of sp³-hybridized carbons (Fsp3) is 0.222. The molecule has 89 heavy (non-hydrogen) atoms. The van der Waals surface area contributed by atoms with Gasteiger partial charge < -0.3 is 29.8 Å². The number of nitro benzene ring substituents is 2. The first-order valence-corrected chi connectivity index (χ1v) is 34.3. The molecule has 2 amide bonds. The van der Waals surface area contributed by atoms with Crippen molar-refractivity contribution in [3.8, 4) is 11.5 Å². The minimum Gasteiger partial charge on any atom is -0.484 e. The molecule has 0 saturated heterocycles. The van der Waals surface area contributed by atoms with E-state index in [9.17, 15) is 29.8 Å². The lowest BCUT2D eigenvalue weighted by molar-refractivity contribution is -0.385. The number of aryl methyl sites for hydroxylation is 2. The minimum atomic E-state index is -3.32. The first kappa shape index (κ1) is 64.9. The van der Waals surface area contributed by atoms with Gasteiger partial charge in [-0.25, -0.2) is 0 Å². The van der Waals surface area contributed by atoms with Crippen molar-refractivity contribution >= 4 is 83.2 Å². The molecule has 4 atom stereocenters. The molecule has 0 unspecified atom stereocenters. The van der Waals surface area contributed by atoms with Gasteiger partial charge in [0, 0.05) is 60.4 Å². The molecule has 0 aliphatic rings. The van der Waals surface area contributed by atoms with Crippen LogP contribution in [0.1, 0.15) is 120 Å². The highest BCUT2D eigenvalue weighted by molar-refractivity contribution is 14.1. The summed E-state index contributed by atoms with van der Waals surface area (Å²) in [6, 6.07) is 69.4. The number of carbonyl (C=O) groups excluding carboxylic acids is 2. The Kier molecular flexibility index (Phi) is 20.0. The number of nitrogens with zero attached hydrogens (tertiary/aromatic N) is 2. The van der Waals surface area contributed by atoms with Crippen molar-refractivity contribution in [1.82, 2.24) is 0 Å². The monoisotopic (exact) mass is 1340 g/mol. The number of amides is 2. The van der Waals surface area contributed by atoms with E-state index in [1.807, 2.05) is 111 Å². The lowest BCUT2D eigenvalue weighted by Crippen LogP contribution is -2.67. The molecular formula is C72H73IN4O10Si2. The van der Waals surface area contributed by atoms with Gasteiger partial charge in [-0.15, -0.1) is 0 Å². The highest BCUT2D eigenvalue weighted by Gasteiger charge is 2.53. The Bertz CT molecular complexity index is 3630. The third kappa shape index (κ3) is 13.8. The number of non-ortho nitro benzene ring substituents is 2. The van der Waals surface area contributed by atoms with Crippen LogP contribution in [0.5, 0.6) is 11.5 Å². The van der Waals surface area contributed by atoms with Crippen LogP contribution >= 0.6 is 22.6 Å². The van der Waals surface area contributed by atoms with E-state index >= 15 is 0 Å². The highest BCUT2D eigenvalue weighted by Crippen LogP contribution is 2.47. The maximum absolute atomic E-state index is 13.8. The lowest BCUT2D eigenvalue weighted by Gasteiger charge is -2.44. The summed E-state index contributed by atoms with van der Waals surface area (Å²) in [5, 5.41) is 27.7. The van der Waals surface area contributed by atoms with Crippen molar-refractivity contribution < 1.29 is 37.8 Å². The normalized spacial score (nSPS) is 13.4. The third-order valence-corrected chi connectivity index (χ3v) is 27.6. The summed E-state index contributed by atoms with van der Waals surface area (Å²) in [6.07, 6.45) is -2.05. The quantitative estimate of drug-likeness (QED) is 0.0253. The smallest absolute Gasteiger partial charge is 0.269 e. The number of ether oxygens (including phenoxy) is 2. The topological polar surface area (TPSA) is 209 Å². The maximum atomic E-state index is 13.8. The van der Waals surface area contributed by atoms with E-state index in [1.165, 1.54) is 24.3 Å². The zero-order chi connectivity index (χ0) is 63.8. The highest BCUT2D eigenvalue weighted by atomic mass is 127. The van der Waals surface area contributed by atoms with Gasteiger partial charge in [0.15, 0.2) is 0 Å². The molecule has 0 saturated carbocycles. The number of benzene rings is 9. The molecule has 0 bridgehead atoms. The molecule has 0 radical (unpaired) electrons. The van der Waals surface area contributed by atoms with Crippen LogP contribution in [0.4, 0.5) is 11.4 Å². The van der Waals surface area contributed by atoms with E-state index in [4.69, 9.17) is 29.8 Å². The predicted molar refractivity (Wildman–Crippen MR) is 364 cm³/mol. The van der Waals surface area contributed by atoms with E-state index in [0.29, 0.717) is 37.3 Å². The molecule has 0 fully saturated rings. The van der Waals surface area contributed by atoms with Crippen molar-refractivity contribution in [2.45, 2.75) is 89.5 Å². The van der Waals surface area contributed by atoms with E-state index in [-0.39, 0.29) is 35.7 Å². The van der Waals surface area contributed by atoms with Crippen molar-refractivity contribution in [3.05, 3.63) is 293 Å². The number of hydrogen-bond donors (Lipinski definition) is 2. The Labute approximate surface area is 535 Å².